The topological polar surface area (TPSA) is 81.6 Å². The molecule has 0 spiro atoms. The van der Waals surface area contributed by atoms with Gasteiger partial charge in [0.1, 0.15) is 11.4 Å². The summed E-state index contributed by atoms with van der Waals surface area (Å²) in [5, 5.41) is 0. The summed E-state index contributed by atoms with van der Waals surface area (Å²) in [5.41, 5.74) is 11.5. The van der Waals surface area contributed by atoms with E-state index in [1.165, 1.54) is 6.07 Å². The van der Waals surface area contributed by atoms with Crippen LogP contribution in [0.15, 0.2) is 12.1 Å². The van der Waals surface area contributed by atoms with Gasteiger partial charge in [0.2, 0.25) is 0 Å². The monoisotopic (exact) mass is 269 g/mol. The Labute approximate surface area is 112 Å². The van der Waals surface area contributed by atoms with E-state index in [0.29, 0.717) is 23.4 Å². The number of benzene rings is 1. The van der Waals surface area contributed by atoms with E-state index in [9.17, 15) is 9.18 Å². The van der Waals surface area contributed by atoms with Gasteiger partial charge in [-0.1, -0.05) is 0 Å². The van der Waals surface area contributed by atoms with E-state index in [-0.39, 0.29) is 5.82 Å². The van der Waals surface area contributed by atoms with Gasteiger partial charge in [0.25, 0.3) is 0 Å². The Morgan fingerprint density at radius 1 is 1.42 bits per heavy atom. The van der Waals surface area contributed by atoms with Gasteiger partial charge in [0, 0.05) is 26.2 Å². The van der Waals surface area contributed by atoms with Crippen molar-refractivity contribution in [2.24, 2.45) is 5.73 Å². The second kappa shape index (κ2) is 5.34. The molecule has 1 rings (SSSR count). The number of nitrogens with zero attached hydrogens (tertiary/aromatic N) is 1. The molecule has 1 amide bonds. The minimum atomic E-state index is -0.849. The first kappa shape index (κ1) is 15.1. The van der Waals surface area contributed by atoms with Gasteiger partial charge in [-0.15, -0.1) is 0 Å². The fourth-order valence-electron chi connectivity index (χ4n) is 1.88. The van der Waals surface area contributed by atoms with Gasteiger partial charge in [0.05, 0.1) is 5.69 Å². The SMILES string of the molecule is CN(C)c1cc(CC(C)(C)OC(N)=O)c(N)cc1F. The largest absolute Gasteiger partial charge is 0.443 e. The molecule has 0 aliphatic rings. The average Bonchev–Trinajstić information content (AvgIpc) is 2.19. The molecule has 1 aromatic carbocycles. The predicted molar refractivity (Wildman–Crippen MR) is 73.6 cm³/mol. The molecule has 0 heterocycles. The average molecular weight is 269 g/mol. The first-order chi connectivity index (χ1) is 8.62. The third-order valence-electron chi connectivity index (χ3n) is 2.68. The summed E-state index contributed by atoms with van der Waals surface area (Å²) >= 11 is 0. The molecule has 0 aliphatic carbocycles. The molecule has 0 saturated heterocycles. The van der Waals surface area contributed by atoms with E-state index in [1.54, 1.807) is 38.9 Å². The van der Waals surface area contributed by atoms with E-state index in [0.717, 1.165) is 0 Å². The van der Waals surface area contributed by atoms with Gasteiger partial charge in [-0.2, -0.15) is 0 Å². The first-order valence-electron chi connectivity index (χ1n) is 5.86. The lowest BCUT2D eigenvalue weighted by molar-refractivity contribution is 0.0461. The zero-order chi connectivity index (χ0) is 14.8. The predicted octanol–water partition coefficient (Wildman–Crippen LogP) is 1.89. The van der Waals surface area contributed by atoms with Crippen LogP contribution in [0.4, 0.5) is 20.6 Å². The maximum absolute atomic E-state index is 13.7. The molecule has 5 nitrogen and oxygen atoms in total. The number of ether oxygens (including phenoxy) is 1. The minimum Gasteiger partial charge on any atom is -0.443 e. The highest BCUT2D eigenvalue weighted by Crippen LogP contribution is 2.28. The smallest absolute Gasteiger partial charge is 0.405 e. The van der Waals surface area contributed by atoms with Crippen LogP contribution in [0.2, 0.25) is 0 Å². The third-order valence-corrected chi connectivity index (χ3v) is 2.68. The highest BCUT2D eigenvalue weighted by molar-refractivity contribution is 5.65. The number of hydrogen-bond donors (Lipinski definition) is 2. The molecule has 0 aliphatic heterocycles. The van der Waals surface area contributed by atoms with E-state index < -0.39 is 11.7 Å². The molecule has 1 aromatic rings. The van der Waals surface area contributed by atoms with Crippen molar-refractivity contribution in [2.45, 2.75) is 25.9 Å². The number of nitrogens with two attached hydrogens (primary N) is 2. The Hall–Kier alpha value is -1.98. The maximum Gasteiger partial charge on any atom is 0.405 e. The van der Waals surface area contributed by atoms with Crippen molar-refractivity contribution < 1.29 is 13.9 Å². The quantitative estimate of drug-likeness (QED) is 0.818. The molecular formula is C13H20FN3O2. The van der Waals surface area contributed by atoms with Gasteiger partial charge >= 0.3 is 6.09 Å². The number of nitrogen functional groups attached to an aromatic ring is 1. The lowest BCUT2D eigenvalue weighted by atomic mass is 9.96. The molecule has 0 bridgehead atoms. The Morgan fingerprint density at radius 3 is 2.47 bits per heavy atom. The summed E-state index contributed by atoms with van der Waals surface area (Å²) < 4.78 is 18.7. The molecule has 0 saturated carbocycles. The van der Waals surface area contributed by atoms with Gasteiger partial charge in [-0.25, -0.2) is 9.18 Å². The number of primary amides is 1. The van der Waals surface area contributed by atoms with Gasteiger partial charge < -0.3 is 21.1 Å². The lowest BCUT2D eigenvalue weighted by Crippen LogP contribution is -2.33. The Bertz CT molecular complexity index is 487. The van der Waals surface area contributed by atoms with Crippen LogP contribution < -0.4 is 16.4 Å². The van der Waals surface area contributed by atoms with Crippen LogP contribution in [-0.2, 0) is 11.2 Å². The van der Waals surface area contributed by atoms with Crippen LogP contribution in [0.3, 0.4) is 0 Å². The number of halogens is 1. The Morgan fingerprint density at radius 2 is 2.00 bits per heavy atom. The van der Waals surface area contributed by atoms with Crippen LogP contribution in [-0.4, -0.2) is 25.8 Å². The van der Waals surface area contributed by atoms with Gasteiger partial charge in [-0.3, -0.25) is 0 Å². The van der Waals surface area contributed by atoms with Crippen molar-refractivity contribution >= 4 is 17.5 Å². The van der Waals surface area contributed by atoms with Gasteiger partial charge in [-0.05, 0) is 31.5 Å². The fourth-order valence-corrected chi connectivity index (χ4v) is 1.88. The van der Waals surface area contributed by atoms with Crippen LogP contribution in [0, 0.1) is 5.82 Å². The lowest BCUT2D eigenvalue weighted by Gasteiger charge is -2.25. The summed E-state index contributed by atoms with van der Waals surface area (Å²) in [6.07, 6.45) is -0.499. The molecule has 0 aromatic heterocycles. The number of anilines is 2. The number of carbonyl (C=O) groups excluding carboxylic acids is 1. The zero-order valence-electron chi connectivity index (χ0n) is 11.7. The number of amides is 1. The maximum atomic E-state index is 13.7. The van der Waals surface area contributed by atoms with E-state index in [1.807, 2.05) is 0 Å². The standard InChI is InChI=1S/C13H20FN3O2/c1-13(2,19-12(16)18)7-8-5-11(17(3)4)9(14)6-10(8)15/h5-6H,7,15H2,1-4H3,(H2,16,18). The highest BCUT2D eigenvalue weighted by atomic mass is 19.1. The molecule has 0 atom stereocenters. The summed E-state index contributed by atoms with van der Waals surface area (Å²) in [4.78, 5) is 12.5. The molecular weight excluding hydrogens is 249 g/mol. The van der Waals surface area contributed by atoms with Crippen molar-refractivity contribution in [3.63, 3.8) is 0 Å². The van der Waals surface area contributed by atoms with Crippen molar-refractivity contribution in [2.75, 3.05) is 24.7 Å². The van der Waals surface area contributed by atoms with Crippen molar-refractivity contribution in [3.05, 3.63) is 23.5 Å². The number of carbonyl (C=O) groups is 1. The van der Waals surface area contributed by atoms with Crippen LogP contribution in [0.25, 0.3) is 0 Å². The second-order valence-electron chi connectivity index (χ2n) is 5.25. The van der Waals surface area contributed by atoms with Crippen LogP contribution >= 0.6 is 0 Å². The Balaban J connectivity index is 3.07. The molecule has 0 fully saturated rings. The zero-order valence-corrected chi connectivity index (χ0v) is 11.7. The fraction of sp³-hybridized carbons (Fsp3) is 0.462. The van der Waals surface area contributed by atoms with Crippen LogP contribution in [0.1, 0.15) is 19.4 Å². The van der Waals surface area contributed by atoms with E-state index in [2.05, 4.69) is 0 Å². The molecule has 0 unspecified atom stereocenters. The molecule has 106 valence electrons. The second-order valence-corrected chi connectivity index (χ2v) is 5.25. The Kier molecular flexibility index (Phi) is 4.24. The van der Waals surface area contributed by atoms with Crippen molar-refractivity contribution in [3.8, 4) is 0 Å². The summed E-state index contributed by atoms with van der Waals surface area (Å²) in [5.74, 6) is -0.389. The molecule has 0 radical (unpaired) electrons. The third kappa shape index (κ3) is 4.01. The van der Waals surface area contributed by atoms with Crippen molar-refractivity contribution in [1.29, 1.82) is 0 Å². The minimum absolute atomic E-state index is 0.323. The van der Waals surface area contributed by atoms with Gasteiger partial charge in [0.15, 0.2) is 0 Å². The summed E-state index contributed by atoms with van der Waals surface area (Å²) in [6, 6.07) is 2.92. The molecule has 4 N–H and O–H groups in total. The summed E-state index contributed by atoms with van der Waals surface area (Å²) in [7, 11) is 3.48. The van der Waals surface area contributed by atoms with Crippen molar-refractivity contribution in [1.82, 2.24) is 0 Å². The van der Waals surface area contributed by atoms with Crippen LogP contribution in [0.5, 0.6) is 0 Å². The first-order valence-corrected chi connectivity index (χ1v) is 5.86. The normalized spacial score (nSPS) is 11.2. The molecule has 19 heavy (non-hydrogen) atoms. The number of rotatable bonds is 4. The number of hydrogen-bond acceptors (Lipinski definition) is 4. The van der Waals surface area contributed by atoms with E-state index in [4.69, 9.17) is 16.2 Å². The highest BCUT2D eigenvalue weighted by Gasteiger charge is 2.24. The summed E-state index contributed by atoms with van der Waals surface area (Å²) in [6.45, 7) is 3.44. The van der Waals surface area contributed by atoms with E-state index >= 15 is 0 Å². The molecule has 6 heteroatoms.